The Morgan fingerprint density at radius 1 is 1.24 bits per heavy atom. The number of aryl methyl sites for hydroxylation is 1. The first kappa shape index (κ1) is 13.2. The minimum Gasteiger partial charge on any atom is -0.368 e. The molecule has 21 heavy (non-hydrogen) atoms. The number of hydrogen-bond acceptors (Lipinski definition) is 6. The van der Waals surface area contributed by atoms with E-state index < -0.39 is 0 Å². The Bertz CT molecular complexity index is 695. The Balaban J connectivity index is 1.72. The Morgan fingerprint density at radius 3 is 2.95 bits per heavy atom. The van der Waals surface area contributed by atoms with Crippen molar-refractivity contribution in [1.82, 2.24) is 29.9 Å². The number of pyridine rings is 1. The molecule has 1 N–H and O–H groups in total. The molecular weight excluding hydrogens is 266 g/mol. The highest BCUT2D eigenvalue weighted by molar-refractivity contribution is 5.56. The summed E-state index contributed by atoms with van der Waals surface area (Å²) in [6.07, 6.45) is 6.98. The van der Waals surface area contributed by atoms with Gasteiger partial charge in [-0.3, -0.25) is 9.67 Å². The lowest BCUT2D eigenvalue weighted by atomic mass is 10.2. The maximum Gasteiger partial charge on any atom is 0.163 e. The van der Waals surface area contributed by atoms with Gasteiger partial charge in [-0.2, -0.15) is 0 Å². The number of aromatic nitrogens is 6. The van der Waals surface area contributed by atoms with E-state index >= 15 is 0 Å². The molecule has 0 aliphatic rings. The fourth-order valence-electron chi connectivity index (χ4n) is 1.93. The van der Waals surface area contributed by atoms with E-state index in [1.807, 2.05) is 31.3 Å². The zero-order chi connectivity index (χ0) is 14.5. The van der Waals surface area contributed by atoms with Gasteiger partial charge in [0.25, 0.3) is 0 Å². The van der Waals surface area contributed by atoms with Crippen LogP contribution in [0, 0.1) is 6.92 Å². The van der Waals surface area contributed by atoms with Crippen molar-refractivity contribution in [3.8, 4) is 11.4 Å². The fraction of sp³-hybridized carbons (Fsp3) is 0.214. The van der Waals surface area contributed by atoms with Crippen molar-refractivity contribution in [2.24, 2.45) is 0 Å². The molecule has 3 aromatic rings. The second-order valence-electron chi connectivity index (χ2n) is 4.55. The summed E-state index contributed by atoms with van der Waals surface area (Å²) < 4.78 is 1.77. The molecule has 7 nitrogen and oxygen atoms in total. The van der Waals surface area contributed by atoms with E-state index in [0.29, 0.717) is 12.4 Å². The van der Waals surface area contributed by atoms with Gasteiger partial charge in [-0.15, -0.1) is 5.10 Å². The van der Waals surface area contributed by atoms with Crippen LogP contribution in [0.25, 0.3) is 11.4 Å². The summed E-state index contributed by atoms with van der Waals surface area (Å²) in [5.74, 6) is 1.47. The van der Waals surface area contributed by atoms with E-state index in [-0.39, 0.29) is 0 Å². The highest BCUT2D eigenvalue weighted by Crippen LogP contribution is 2.16. The SMILES string of the molecule is Cc1cc(NCCn2ccnn2)nc(-c2cccnc2)n1. The first-order valence-corrected chi connectivity index (χ1v) is 6.65. The zero-order valence-corrected chi connectivity index (χ0v) is 11.6. The third-order valence-corrected chi connectivity index (χ3v) is 2.89. The number of anilines is 1. The molecule has 0 bridgehead atoms. The number of nitrogens with one attached hydrogen (secondary N) is 1. The van der Waals surface area contributed by atoms with E-state index in [2.05, 4.69) is 30.6 Å². The molecule has 106 valence electrons. The predicted octanol–water partition coefficient (Wildman–Crippen LogP) is 1.55. The second kappa shape index (κ2) is 6.08. The van der Waals surface area contributed by atoms with Gasteiger partial charge >= 0.3 is 0 Å². The average molecular weight is 281 g/mol. The standard InChI is InChI=1S/C14H15N7/c1-11-9-13(16-5-7-21-8-6-17-20-21)19-14(18-11)12-3-2-4-15-10-12/h2-4,6,8-10H,5,7H2,1H3,(H,16,18,19). The molecule has 3 heterocycles. The monoisotopic (exact) mass is 281 g/mol. The van der Waals surface area contributed by atoms with Gasteiger partial charge < -0.3 is 5.32 Å². The highest BCUT2D eigenvalue weighted by atomic mass is 15.4. The number of hydrogen-bond donors (Lipinski definition) is 1. The van der Waals surface area contributed by atoms with Crippen LogP contribution >= 0.6 is 0 Å². The van der Waals surface area contributed by atoms with E-state index in [0.717, 1.165) is 23.6 Å². The van der Waals surface area contributed by atoms with Gasteiger partial charge in [0.2, 0.25) is 0 Å². The fourth-order valence-corrected chi connectivity index (χ4v) is 1.93. The summed E-state index contributed by atoms with van der Waals surface area (Å²) in [5, 5.41) is 11.0. The predicted molar refractivity (Wildman–Crippen MR) is 78.5 cm³/mol. The van der Waals surface area contributed by atoms with Crippen molar-refractivity contribution in [3.63, 3.8) is 0 Å². The van der Waals surface area contributed by atoms with E-state index in [1.54, 1.807) is 23.3 Å². The van der Waals surface area contributed by atoms with Gasteiger partial charge in [0.1, 0.15) is 5.82 Å². The van der Waals surface area contributed by atoms with Crippen LogP contribution in [0.3, 0.4) is 0 Å². The van der Waals surface area contributed by atoms with Crippen LogP contribution in [0.1, 0.15) is 5.69 Å². The largest absolute Gasteiger partial charge is 0.368 e. The molecule has 0 amide bonds. The van der Waals surface area contributed by atoms with Crippen molar-refractivity contribution in [3.05, 3.63) is 48.7 Å². The van der Waals surface area contributed by atoms with Crippen molar-refractivity contribution < 1.29 is 0 Å². The molecule has 3 rings (SSSR count). The van der Waals surface area contributed by atoms with E-state index in [4.69, 9.17) is 0 Å². The number of nitrogens with zero attached hydrogens (tertiary/aromatic N) is 6. The maximum absolute atomic E-state index is 4.52. The van der Waals surface area contributed by atoms with Crippen molar-refractivity contribution in [1.29, 1.82) is 0 Å². The third-order valence-electron chi connectivity index (χ3n) is 2.89. The highest BCUT2D eigenvalue weighted by Gasteiger charge is 2.05. The summed E-state index contributed by atoms with van der Waals surface area (Å²) in [6.45, 7) is 3.39. The van der Waals surface area contributed by atoms with E-state index in [9.17, 15) is 0 Å². The normalized spacial score (nSPS) is 10.5. The molecule has 0 fully saturated rings. The summed E-state index contributed by atoms with van der Waals surface area (Å²) in [6, 6.07) is 5.74. The average Bonchev–Trinajstić information content (AvgIpc) is 3.01. The van der Waals surface area contributed by atoms with Crippen molar-refractivity contribution in [2.45, 2.75) is 13.5 Å². The maximum atomic E-state index is 4.52. The van der Waals surface area contributed by atoms with Gasteiger partial charge in [0.05, 0.1) is 12.7 Å². The topological polar surface area (TPSA) is 81.4 Å². The lowest BCUT2D eigenvalue weighted by Gasteiger charge is -2.08. The molecule has 0 spiro atoms. The molecule has 0 aliphatic carbocycles. The minimum atomic E-state index is 0.673. The molecule has 0 unspecified atom stereocenters. The van der Waals surface area contributed by atoms with E-state index in [1.165, 1.54) is 0 Å². The second-order valence-corrected chi connectivity index (χ2v) is 4.55. The lowest BCUT2D eigenvalue weighted by molar-refractivity contribution is 0.608. The van der Waals surface area contributed by atoms with Crippen LogP contribution in [0.15, 0.2) is 43.0 Å². The van der Waals surface area contributed by atoms with Crippen LogP contribution in [0.4, 0.5) is 5.82 Å². The summed E-state index contributed by atoms with van der Waals surface area (Å²) in [4.78, 5) is 13.1. The molecule has 0 saturated heterocycles. The first-order valence-electron chi connectivity index (χ1n) is 6.65. The lowest BCUT2D eigenvalue weighted by Crippen LogP contribution is -2.12. The molecule has 0 aromatic carbocycles. The van der Waals surface area contributed by atoms with Gasteiger partial charge in [-0.25, -0.2) is 9.97 Å². The third kappa shape index (κ3) is 3.38. The zero-order valence-electron chi connectivity index (χ0n) is 11.6. The summed E-state index contributed by atoms with van der Waals surface area (Å²) in [7, 11) is 0. The Labute approximate surface area is 122 Å². The Hall–Kier alpha value is -2.83. The number of rotatable bonds is 5. The molecule has 0 aliphatic heterocycles. The smallest absolute Gasteiger partial charge is 0.163 e. The quantitative estimate of drug-likeness (QED) is 0.764. The minimum absolute atomic E-state index is 0.673. The van der Waals surface area contributed by atoms with Gasteiger partial charge in [0, 0.05) is 42.5 Å². The van der Waals surface area contributed by atoms with Gasteiger partial charge in [-0.05, 0) is 19.1 Å². The summed E-state index contributed by atoms with van der Waals surface area (Å²) in [5.41, 5.74) is 1.81. The van der Waals surface area contributed by atoms with Gasteiger partial charge in [0.15, 0.2) is 5.82 Å². The Kier molecular flexibility index (Phi) is 3.81. The molecular formula is C14H15N7. The molecule has 7 heteroatoms. The molecule has 0 saturated carbocycles. The van der Waals surface area contributed by atoms with Crippen LogP contribution in [-0.4, -0.2) is 36.5 Å². The molecule has 0 radical (unpaired) electrons. The van der Waals surface area contributed by atoms with Crippen molar-refractivity contribution >= 4 is 5.82 Å². The van der Waals surface area contributed by atoms with Crippen LogP contribution < -0.4 is 5.32 Å². The Morgan fingerprint density at radius 2 is 2.19 bits per heavy atom. The summed E-state index contributed by atoms with van der Waals surface area (Å²) >= 11 is 0. The first-order chi connectivity index (χ1) is 10.3. The van der Waals surface area contributed by atoms with Crippen LogP contribution in [-0.2, 0) is 6.54 Å². The molecule has 3 aromatic heterocycles. The van der Waals surface area contributed by atoms with Crippen LogP contribution in [0.5, 0.6) is 0 Å². The molecule has 0 atom stereocenters. The van der Waals surface area contributed by atoms with Gasteiger partial charge in [-0.1, -0.05) is 5.21 Å². The van der Waals surface area contributed by atoms with Crippen LogP contribution in [0.2, 0.25) is 0 Å². The van der Waals surface area contributed by atoms with Crippen molar-refractivity contribution in [2.75, 3.05) is 11.9 Å².